The quantitative estimate of drug-likeness (QED) is 0.879. The van der Waals surface area contributed by atoms with Crippen molar-refractivity contribution in [2.24, 2.45) is 5.73 Å². The van der Waals surface area contributed by atoms with E-state index in [1.165, 1.54) is 0 Å². The largest absolute Gasteiger partial charge is 0.487 e. The Kier molecular flexibility index (Phi) is 3.44. The van der Waals surface area contributed by atoms with E-state index in [0.717, 1.165) is 43.4 Å². The van der Waals surface area contributed by atoms with Gasteiger partial charge in [-0.05, 0) is 32.8 Å². The van der Waals surface area contributed by atoms with E-state index in [2.05, 4.69) is 19.2 Å². The molecular formula is C17H24N2O2. The summed E-state index contributed by atoms with van der Waals surface area (Å²) in [4.78, 5) is 12.6. The molecule has 1 atom stereocenters. The van der Waals surface area contributed by atoms with Crippen molar-refractivity contribution in [3.8, 4) is 5.75 Å². The smallest absolute Gasteiger partial charge is 0.240 e. The molecule has 1 amide bonds. The van der Waals surface area contributed by atoms with Crippen LogP contribution in [0.25, 0.3) is 0 Å². The number of amides is 1. The van der Waals surface area contributed by atoms with Crippen molar-refractivity contribution >= 4 is 5.91 Å². The Morgan fingerprint density at radius 1 is 1.29 bits per heavy atom. The summed E-state index contributed by atoms with van der Waals surface area (Å²) < 4.78 is 6.00. The van der Waals surface area contributed by atoms with Crippen LogP contribution in [0.2, 0.25) is 0 Å². The highest BCUT2D eigenvalue weighted by atomic mass is 16.5. The number of carbonyl (C=O) groups excluding carboxylic acids is 1. The highest BCUT2D eigenvalue weighted by molar-refractivity contribution is 5.86. The molecular weight excluding hydrogens is 264 g/mol. The molecule has 1 fully saturated rings. The van der Waals surface area contributed by atoms with Crippen LogP contribution in [0.3, 0.4) is 0 Å². The lowest BCUT2D eigenvalue weighted by molar-refractivity contribution is -0.127. The van der Waals surface area contributed by atoms with Crippen LogP contribution >= 0.6 is 0 Å². The maximum Gasteiger partial charge on any atom is 0.240 e. The fraction of sp³-hybridized carbons (Fsp3) is 0.588. The van der Waals surface area contributed by atoms with Crippen LogP contribution in [0.5, 0.6) is 5.75 Å². The van der Waals surface area contributed by atoms with Gasteiger partial charge in [-0.15, -0.1) is 0 Å². The van der Waals surface area contributed by atoms with E-state index < -0.39 is 5.54 Å². The van der Waals surface area contributed by atoms with Gasteiger partial charge in [0.05, 0.1) is 11.6 Å². The average molecular weight is 288 g/mol. The molecule has 1 aliphatic heterocycles. The molecule has 1 unspecified atom stereocenters. The molecule has 0 bridgehead atoms. The highest BCUT2D eigenvalue weighted by Gasteiger charge is 2.40. The predicted octanol–water partition coefficient (Wildman–Crippen LogP) is 2.68. The molecule has 3 rings (SSSR count). The molecule has 0 spiro atoms. The summed E-state index contributed by atoms with van der Waals surface area (Å²) in [5, 5.41) is 3.17. The van der Waals surface area contributed by atoms with Crippen molar-refractivity contribution in [2.75, 3.05) is 0 Å². The lowest BCUT2D eigenvalue weighted by atomic mass is 9.88. The predicted molar refractivity (Wildman–Crippen MR) is 82.0 cm³/mol. The van der Waals surface area contributed by atoms with Gasteiger partial charge in [0.1, 0.15) is 11.4 Å². The van der Waals surface area contributed by atoms with Gasteiger partial charge in [-0.3, -0.25) is 4.79 Å². The zero-order chi connectivity index (χ0) is 15.1. The van der Waals surface area contributed by atoms with E-state index in [1.54, 1.807) is 0 Å². The number of ether oxygens (including phenoxy) is 1. The van der Waals surface area contributed by atoms with Crippen LogP contribution in [0, 0.1) is 0 Å². The highest BCUT2D eigenvalue weighted by Crippen LogP contribution is 2.39. The van der Waals surface area contributed by atoms with Crippen LogP contribution < -0.4 is 15.8 Å². The summed E-state index contributed by atoms with van der Waals surface area (Å²) in [6.07, 6.45) is 4.41. The summed E-state index contributed by atoms with van der Waals surface area (Å²) in [5.74, 6) is 0.842. The van der Waals surface area contributed by atoms with Gasteiger partial charge in [-0.25, -0.2) is 0 Å². The molecule has 1 saturated carbocycles. The maximum absolute atomic E-state index is 12.6. The Bertz CT molecular complexity index is 547. The summed E-state index contributed by atoms with van der Waals surface area (Å²) in [6.45, 7) is 4.10. The van der Waals surface area contributed by atoms with E-state index >= 15 is 0 Å². The molecule has 21 heavy (non-hydrogen) atoms. The number of nitrogens with one attached hydrogen (secondary N) is 1. The first kappa shape index (κ1) is 14.4. The molecule has 1 heterocycles. The summed E-state index contributed by atoms with van der Waals surface area (Å²) in [6, 6.07) is 7.89. The Hall–Kier alpha value is -1.55. The normalized spacial score (nSPS) is 25.8. The summed E-state index contributed by atoms with van der Waals surface area (Å²) in [5.41, 5.74) is 6.34. The van der Waals surface area contributed by atoms with Crippen molar-refractivity contribution in [2.45, 2.75) is 63.1 Å². The van der Waals surface area contributed by atoms with Crippen molar-refractivity contribution in [3.63, 3.8) is 0 Å². The fourth-order valence-corrected chi connectivity index (χ4v) is 3.47. The lowest BCUT2D eigenvalue weighted by Gasteiger charge is -2.39. The van der Waals surface area contributed by atoms with E-state index in [0.29, 0.717) is 0 Å². The Morgan fingerprint density at radius 2 is 1.95 bits per heavy atom. The van der Waals surface area contributed by atoms with Gasteiger partial charge in [0.15, 0.2) is 0 Å². The van der Waals surface area contributed by atoms with Gasteiger partial charge < -0.3 is 15.8 Å². The Balaban J connectivity index is 1.83. The minimum atomic E-state index is -0.683. The molecule has 0 radical (unpaired) electrons. The minimum absolute atomic E-state index is 0.0162. The maximum atomic E-state index is 12.6. The first-order valence-electron chi connectivity index (χ1n) is 7.77. The Morgan fingerprint density at radius 3 is 2.67 bits per heavy atom. The third kappa shape index (κ3) is 2.77. The Labute approximate surface area is 126 Å². The number of nitrogens with two attached hydrogens (primary N) is 1. The fourth-order valence-electron chi connectivity index (χ4n) is 3.47. The van der Waals surface area contributed by atoms with Gasteiger partial charge in [-0.2, -0.15) is 0 Å². The summed E-state index contributed by atoms with van der Waals surface area (Å²) in [7, 11) is 0. The lowest BCUT2D eigenvalue weighted by Crippen LogP contribution is -2.54. The number of hydrogen-bond acceptors (Lipinski definition) is 3. The number of benzene rings is 1. The third-order valence-corrected chi connectivity index (χ3v) is 4.63. The monoisotopic (exact) mass is 288 g/mol. The minimum Gasteiger partial charge on any atom is -0.487 e. The molecule has 1 aliphatic carbocycles. The van der Waals surface area contributed by atoms with Gasteiger partial charge in [-0.1, -0.05) is 31.0 Å². The molecule has 1 aromatic rings. The molecule has 114 valence electrons. The molecule has 1 aromatic carbocycles. The van der Waals surface area contributed by atoms with Crippen molar-refractivity contribution < 1.29 is 9.53 Å². The number of fused-ring (bicyclic) bond motifs is 1. The van der Waals surface area contributed by atoms with E-state index in [4.69, 9.17) is 10.5 Å². The van der Waals surface area contributed by atoms with Crippen molar-refractivity contribution in [1.82, 2.24) is 5.32 Å². The first-order chi connectivity index (χ1) is 9.90. The van der Waals surface area contributed by atoms with Gasteiger partial charge in [0, 0.05) is 12.0 Å². The standard InChI is InChI=1S/C17H24N2O2/c1-16(2)11-13(12-7-3-4-8-14(12)21-16)19-15(20)17(18)9-5-6-10-17/h3-4,7-8,13H,5-6,9-11,18H2,1-2H3,(H,19,20). The zero-order valence-electron chi connectivity index (χ0n) is 12.8. The zero-order valence-corrected chi connectivity index (χ0v) is 12.8. The molecule has 3 N–H and O–H groups in total. The van der Waals surface area contributed by atoms with E-state index in [-0.39, 0.29) is 17.6 Å². The molecule has 0 aromatic heterocycles. The second kappa shape index (κ2) is 5.02. The molecule has 4 nitrogen and oxygen atoms in total. The van der Waals surface area contributed by atoms with Crippen LogP contribution in [0.1, 0.15) is 57.6 Å². The van der Waals surface area contributed by atoms with E-state index in [1.807, 2.05) is 24.3 Å². The van der Waals surface area contributed by atoms with Gasteiger partial charge >= 0.3 is 0 Å². The molecule has 4 heteroatoms. The van der Waals surface area contributed by atoms with Crippen LogP contribution in [0.15, 0.2) is 24.3 Å². The molecule has 2 aliphatic rings. The number of para-hydroxylation sites is 1. The average Bonchev–Trinajstić information content (AvgIpc) is 2.86. The van der Waals surface area contributed by atoms with Crippen LogP contribution in [-0.2, 0) is 4.79 Å². The third-order valence-electron chi connectivity index (χ3n) is 4.63. The first-order valence-corrected chi connectivity index (χ1v) is 7.77. The SMILES string of the molecule is CC1(C)CC(NC(=O)C2(N)CCCC2)c2ccccc2O1. The van der Waals surface area contributed by atoms with E-state index in [9.17, 15) is 4.79 Å². The molecule has 0 saturated heterocycles. The number of hydrogen-bond donors (Lipinski definition) is 2. The van der Waals surface area contributed by atoms with Crippen molar-refractivity contribution in [3.05, 3.63) is 29.8 Å². The van der Waals surface area contributed by atoms with Crippen molar-refractivity contribution in [1.29, 1.82) is 0 Å². The second-order valence-corrected chi connectivity index (χ2v) is 6.99. The second-order valence-electron chi connectivity index (χ2n) is 6.99. The van der Waals surface area contributed by atoms with Crippen LogP contribution in [0.4, 0.5) is 0 Å². The number of carbonyl (C=O) groups is 1. The summed E-state index contributed by atoms with van der Waals surface area (Å²) >= 11 is 0. The van der Waals surface area contributed by atoms with Gasteiger partial charge in [0.2, 0.25) is 5.91 Å². The van der Waals surface area contributed by atoms with Crippen LogP contribution in [-0.4, -0.2) is 17.0 Å². The number of rotatable bonds is 2. The topological polar surface area (TPSA) is 64.4 Å². The van der Waals surface area contributed by atoms with Gasteiger partial charge in [0.25, 0.3) is 0 Å².